The van der Waals surface area contributed by atoms with Crippen LogP contribution in [0.4, 0.5) is 10.5 Å². The summed E-state index contributed by atoms with van der Waals surface area (Å²) in [6.07, 6.45) is 1.65. The van der Waals surface area contributed by atoms with Gasteiger partial charge in [0.05, 0.1) is 4.91 Å². The number of anilines is 1. The van der Waals surface area contributed by atoms with E-state index < -0.39 is 17.1 Å². The summed E-state index contributed by atoms with van der Waals surface area (Å²) in [4.78, 5) is 38.9. The molecule has 0 radical (unpaired) electrons. The highest BCUT2D eigenvalue weighted by Crippen LogP contribution is 2.32. The van der Waals surface area contributed by atoms with E-state index in [0.29, 0.717) is 18.0 Å². The summed E-state index contributed by atoms with van der Waals surface area (Å²) >= 11 is 0.830. The van der Waals surface area contributed by atoms with Crippen molar-refractivity contribution in [2.75, 3.05) is 11.9 Å². The maximum Gasteiger partial charge on any atom is 0.294 e. The molecule has 1 aliphatic heterocycles. The summed E-state index contributed by atoms with van der Waals surface area (Å²) in [6.45, 7) is 3.94. The number of rotatable bonds is 7. The van der Waals surface area contributed by atoms with Crippen LogP contribution in [0.3, 0.4) is 0 Å². The zero-order valence-electron chi connectivity index (χ0n) is 18.9. The van der Waals surface area contributed by atoms with Gasteiger partial charge in [-0.25, -0.2) is 0 Å². The largest absolute Gasteiger partial charge is 0.489 e. The molecule has 0 aliphatic carbocycles. The number of benzene rings is 3. The van der Waals surface area contributed by atoms with Crippen molar-refractivity contribution in [3.8, 4) is 5.75 Å². The van der Waals surface area contributed by atoms with E-state index >= 15 is 0 Å². The highest BCUT2D eigenvalue weighted by atomic mass is 32.2. The number of hydrogen-bond acceptors (Lipinski definition) is 5. The molecule has 0 spiro atoms. The predicted molar refractivity (Wildman–Crippen MR) is 134 cm³/mol. The minimum absolute atomic E-state index is 0.280. The van der Waals surface area contributed by atoms with Crippen molar-refractivity contribution in [2.24, 2.45) is 0 Å². The van der Waals surface area contributed by atoms with Crippen LogP contribution in [0.5, 0.6) is 5.75 Å². The molecule has 0 atom stereocenters. The van der Waals surface area contributed by atoms with Crippen molar-refractivity contribution >= 4 is 40.6 Å². The Kier molecular flexibility index (Phi) is 7.13. The highest BCUT2D eigenvalue weighted by Gasteiger charge is 2.36. The third-order valence-electron chi connectivity index (χ3n) is 5.27. The first-order valence-corrected chi connectivity index (χ1v) is 11.6. The van der Waals surface area contributed by atoms with Gasteiger partial charge in [0.25, 0.3) is 11.1 Å². The van der Waals surface area contributed by atoms with Gasteiger partial charge >= 0.3 is 0 Å². The standard InChI is InChI=1S/C27H24N2O4S/c1-18-8-9-19(2)23(14-18)28-25(30)16-29-26(31)24(34-27(29)32)15-20-10-12-22(13-11-20)33-17-21-6-4-3-5-7-21/h3-15H,16-17H2,1-2H3,(H,28,30)/b24-15+. The van der Waals surface area contributed by atoms with E-state index in [2.05, 4.69) is 5.32 Å². The first-order valence-electron chi connectivity index (χ1n) is 10.8. The monoisotopic (exact) mass is 472 g/mol. The van der Waals surface area contributed by atoms with Crippen molar-refractivity contribution in [3.63, 3.8) is 0 Å². The van der Waals surface area contributed by atoms with Gasteiger partial charge < -0.3 is 10.1 Å². The Morgan fingerprint density at radius 2 is 1.74 bits per heavy atom. The lowest BCUT2D eigenvalue weighted by atomic mass is 10.1. The molecule has 1 saturated heterocycles. The molecule has 1 heterocycles. The molecule has 7 heteroatoms. The number of nitrogens with zero attached hydrogens (tertiary/aromatic N) is 1. The van der Waals surface area contributed by atoms with Gasteiger partial charge in [-0.2, -0.15) is 0 Å². The van der Waals surface area contributed by atoms with Crippen molar-refractivity contribution in [1.82, 2.24) is 4.90 Å². The zero-order chi connectivity index (χ0) is 24.1. The number of imide groups is 1. The maximum absolute atomic E-state index is 12.8. The van der Waals surface area contributed by atoms with Crippen LogP contribution >= 0.6 is 11.8 Å². The molecule has 6 nitrogen and oxygen atoms in total. The van der Waals surface area contributed by atoms with Gasteiger partial charge in [-0.1, -0.05) is 54.6 Å². The summed E-state index contributed by atoms with van der Waals surface area (Å²) in [5.41, 5.74) is 4.41. The summed E-state index contributed by atoms with van der Waals surface area (Å²) < 4.78 is 5.78. The van der Waals surface area contributed by atoms with Gasteiger partial charge in [-0.05, 0) is 72.1 Å². The number of carbonyl (C=O) groups is 3. The topological polar surface area (TPSA) is 75.7 Å². The van der Waals surface area contributed by atoms with Crippen LogP contribution in [0.1, 0.15) is 22.3 Å². The Labute approximate surface area is 202 Å². The molecule has 34 heavy (non-hydrogen) atoms. The molecule has 1 fully saturated rings. The molecule has 3 aromatic carbocycles. The summed E-state index contributed by atoms with van der Waals surface area (Å²) in [7, 11) is 0. The second-order valence-electron chi connectivity index (χ2n) is 7.98. The lowest BCUT2D eigenvalue weighted by molar-refractivity contribution is -0.127. The van der Waals surface area contributed by atoms with E-state index in [9.17, 15) is 14.4 Å². The molecule has 0 bridgehead atoms. The highest BCUT2D eigenvalue weighted by molar-refractivity contribution is 8.18. The van der Waals surface area contributed by atoms with E-state index in [-0.39, 0.29) is 11.4 Å². The first kappa shape index (κ1) is 23.3. The van der Waals surface area contributed by atoms with E-state index in [1.165, 1.54) is 0 Å². The van der Waals surface area contributed by atoms with Crippen LogP contribution in [0.25, 0.3) is 6.08 Å². The SMILES string of the molecule is Cc1ccc(C)c(NC(=O)CN2C(=O)S/C(=C/c3ccc(OCc4ccccc4)cc3)C2=O)c1. The van der Waals surface area contributed by atoms with Gasteiger partial charge in [-0.3, -0.25) is 19.3 Å². The van der Waals surface area contributed by atoms with Gasteiger partial charge in [0.15, 0.2) is 0 Å². The quantitative estimate of drug-likeness (QED) is 0.456. The van der Waals surface area contributed by atoms with E-state index in [1.807, 2.05) is 86.6 Å². The Hall–Kier alpha value is -3.84. The van der Waals surface area contributed by atoms with E-state index in [0.717, 1.165) is 38.9 Å². The number of nitrogens with one attached hydrogen (secondary N) is 1. The van der Waals surface area contributed by atoms with Crippen LogP contribution in [0.2, 0.25) is 0 Å². The fourth-order valence-corrected chi connectivity index (χ4v) is 4.23. The molecule has 0 unspecified atom stereocenters. The molecule has 1 aliphatic rings. The van der Waals surface area contributed by atoms with Crippen molar-refractivity contribution in [1.29, 1.82) is 0 Å². The predicted octanol–water partition coefficient (Wildman–Crippen LogP) is 5.56. The summed E-state index contributed by atoms with van der Waals surface area (Å²) in [5, 5.41) is 2.32. The Morgan fingerprint density at radius 1 is 1.00 bits per heavy atom. The zero-order valence-corrected chi connectivity index (χ0v) is 19.7. The number of carbonyl (C=O) groups excluding carboxylic acids is 3. The minimum Gasteiger partial charge on any atom is -0.489 e. The number of thioether (sulfide) groups is 1. The summed E-state index contributed by atoms with van der Waals surface area (Å²) in [5.74, 6) is -0.190. The molecule has 3 aromatic rings. The van der Waals surface area contributed by atoms with Crippen molar-refractivity contribution < 1.29 is 19.1 Å². The molecule has 0 saturated carbocycles. The van der Waals surface area contributed by atoms with Gasteiger partial charge in [0.2, 0.25) is 5.91 Å². The summed E-state index contributed by atoms with van der Waals surface area (Å²) in [6, 6.07) is 22.9. The minimum atomic E-state index is -0.476. The number of aryl methyl sites for hydroxylation is 2. The molecule has 3 amide bonds. The fourth-order valence-electron chi connectivity index (χ4n) is 3.39. The number of hydrogen-bond donors (Lipinski definition) is 1. The lowest BCUT2D eigenvalue weighted by Crippen LogP contribution is -2.36. The number of amides is 3. The van der Waals surface area contributed by atoms with Gasteiger partial charge in [0, 0.05) is 5.69 Å². The average molecular weight is 473 g/mol. The lowest BCUT2D eigenvalue weighted by Gasteiger charge is -2.14. The second-order valence-corrected chi connectivity index (χ2v) is 8.97. The van der Waals surface area contributed by atoms with Gasteiger partial charge in [0.1, 0.15) is 18.9 Å². The van der Waals surface area contributed by atoms with Crippen LogP contribution in [0, 0.1) is 13.8 Å². The normalized spacial score (nSPS) is 14.5. The van der Waals surface area contributed by atoms with Crippen molar-refractivity contribution in [3.05, 3.63) is 100.0 Å². The van der Waals surface area contributed by atoms with Crippen LogP contribution < -0.4 is 10.1 Å². The third-order valence-corrected chi connectivity index (χ3v) is 6.18. The molecule has 172 valence electrons. The van der Waals surface area contributed by atoms with Gasteiger partial charge in [-0.15, -0.1) is 0 Å². The molecular formula is C27H24N2O4S. The van der Waals surface area contributed by atoms with E-state index in [1.54, 1.807) is 6.08 Å². The Balaban J connectivity index is 1.37. The maximum atomic E-state index is 12.8. The van der Waals surface area contributed by atoms with Crippen LogP contribution in [-0.4, -0.2) is 28.5 Å². The second kappa shape index (κ2) is 10.4. The van der Waals surface area contributed by atoms with Crippen LogP contribution in [-0.2, 0) is 16.2 Å². The smallest absolute Gasteiger partial charge is 0.294 e. The molecule has 0 aromatic heterocycles. The molecule has 1 N–H and O–H groups in total. The van der Waals surface area contributed by atoms with Crippen LogP contribution in [0.15, 0.2) is 77.7 Å². The molecule has 4 rings (SSSR count). The van der Waals surface area contributed by atoms with Crippen molar-refractivity contribution in [2.45, 2.75) is 20.5 Å². The number of ether oxygens (including phenoxy) is 1. The average Bonchev–Trinajstić information content (AvgIpc) is 3.09. The van der Waals surface area contributed by atoms with E-state index in [4.69, 9.17) is 4.74 Å². The first-order chi connectivity index (χ1) is 16.4. The Morgan fingerprint density at radius 3 is 2.47 bits per heavy atom. The fraction of sp³-hybridized carbons (Fsp3) is 0.148. The third kappa shape index (κ3) is 5.74. The Bertz CT molecular complexity index is 1250. The molecular weight excluding hydrogens is 448 g/mol.